The summed E-state index contributed by atoms with van der Waals surface area (Å²) in [6.07, 6.45) is 0.113. The first-order valence-electron chi connectivity index (χ1n) is 13.0. The zero-order valence-corrected chi connectivity index (χ0v) is 22.2. The zero-order chi connectivity index (χ0) is 29.3. The van der Waals surface area contributed by atoms with Gasteiger partial charge < -0.3 is 36.2 Å². The highest BCUT2D eigenvalue weighted by Gasteiger charge is 2.69. The van der Waals surface area contributed by atoms with Crippen LogP contribution >= 0.6 is 0 Å². The predicted molar refractivity (Wildman–Crippen MR) is 145 cm³/mol. The number of phenols is 1. The number of hydrogen-bond donors (Lipinski definition) is 6. The van der Waals surface area contributed by atoms with Crippen LogP contribution in [0.25, 0.3) is 12.2 Å². The van der Waals surface area contributed by atoms with Gasteiger partial charge in [-0.2, -0.15) is 0 Å². The molecule has 3 aliphatic rings. The number of Topliss-reactive ketones (excluding diaryl/α,β-unsaturated/α-hetero) is 2. The molecule has 0 saturated heterocycles. The van der Waals surface area contributed by atoms with Crippen molar-refractivity contribution in [1.82, 2.24) is 4.90 Å². The van der Waals surface area contributed by atoms with Crippen LogP contribution in [-0.4, -0.2) is 85.9 Å². The molecular formula is C30H32N2O8. The van der Waals surface area contributed by atoms with Crippen molar-refractivity contribution in [2.75, 3.05) is 14.1 Å². The molecule has 2 unspecified atom stereocenters. The molecule has 10 heteroatoms. The Hall–Kier alpha value is -3.83. The first-order chi connectivity index (χ1) is 18.8. The summed E-state index contributed by atoms with van der Waals surface area (Å²) in [5.41, 5.74) is 3.60. The molecule has 0 heterocycles. The van der Waals surface area contributed by atoms with Crippen molar-refractivity contribution in [2.24, 2.45) is 23.5 Å². The van der Waals surface area contributed by atoms with Gasteiger partial charge in [0.15, 0.2) is 17.2 Å². The number of benzene rings is 2. The van der Waals surface area contributed by atoms with E-state index >= 15 is 0 Å². The third-order valence-corrected chi connectivity index (χ3v) is 8.79. The molecule has 40 heavy (non-hydrogen) atoms. The van der Waals surface area contributed by atoms with Gasteiger partial charge in [-0.15, -0.1) is 0 Å². The molecule has 7 N–H and O–H groups in total. The molecular weight excluding hydrogens is 516 g/mol. The van der Waals surface area contributed by atoms with E-state index in [4.69, 9.17) is 5.73 Å². The van der Waals surface area contributed by atoms with Gasteiger partial charge in [0.2, 0.25) is 5.91 Å². The number of likely N-dealkylation sites (N-methyl/N-ethyl adjacent to an activating group) is 1. The smallest absolute Gasteiger partial charge is 0.230 e. The molecule has 0 aliphatic heterocycles. The van der Waals surface area contributed by atoms with Gasteiger partial charge in [-0.1, -0.05) is 61.5 Å². The molecule has 0 radical (unpaired) electrons. The highest BCUT2D eigenvalue weighted by molar-refractivity contribution is 6.16. The Morgan fingerprint density at radius 2 is 1.65 bits per heavy atom. The Labute approximate surface area is 230 Å². The van der Waals surface area contributed by atoms with Gasteiger partial charge in [0.25, 0.3) is 0 Å². The van der Waals surface area contributed by atoms with E-state index in [-0.39, 0.29) is 11.3 Å². The number of nitrogens with zero attached hydrogens (tertiary/aromatic N) is 1. The Morgan fingerprint density at radius 3 is 2.25 bits per heavy atom. The summed E-state index contributed by atoms with van der Waals surface area (Å²) in [4.78, 5) is 41.1. The number of aromatic hydroxyl groups is 1. The van der Waals surface area contributed by atoms with E-state index in [1.54, 1.807) is 31.2 Å². The fourth-order valence-electron chi connectivity index (χ4n) is 6.88. The minimum atomic E-state index is -2.88. The predicted octanol–water partition coefficient (Wildman–Crippen LogP) is 0.988. The number of carbonyl (C=O) groups is 3. The van der Waals surface area contributed by atoms with Crippen LogP contribution in [0.4, 0.5) is 0 Å². The van der Waals surface area contributed by atoms with Gasteiger partial charge in [0.1, 0.15) is 17.4 Å². The lowest BCUT2D eigenvalue weighted by atomic mass is 9.53. The average Bonchev–Trinajstić information content (AvgIpc) is 2.90. The van der Waals surface area contributed by atoms with Crippen molar-refractivity contribution in [1.29, 1.82) is 0 Å². The fraction of sp³-hybridized carbons (Fsp3) is 0.367. The number of aliphatic hydroxyl groups is 4. The second-order valence-electron chi connectivity index (χ2n) is 11.1. The maximum absolute atomic E-state index is 13.9. The standard InChI is InChI=1S/C30H32N2O8/c1-13-16-12-11-15(10-9-14-7-5-4-6-8-14)23(33)18(16)24(34)19-17(13)25(35)21-22(32(2)3)26(36)20(29(31)39)28(38)30(21,40)27(19)37/h4-13,17,20-22,25-26,33,35-37,40H,1-3H3,(H2,31,39)/b10-9+/t13-,17+,20?,21+,22-,25-,26?,30-/m0/s1. The molecule has 5 rings (SSSR count). The van der Waals surface area contributed by atoms with Crippen LogP contribution in [0.2, 0.25) is 0 Å². The number of amides is 1. The van der Waals surface area contributed by atoms with E-state index in [1.165, 1.54) is 19.0 Å². The van der Waals surface area contributed by atoms with Gasteiger partial charge in [-0.25, -0.2) is 0 Å². The molecule has 0 spiro atoms. The first kappa shape index (κ1) is 27.7. The Bertz CT molecular complexity index is 1470. The minimum Gasteiger partial charge on any atom is -0.508 e. The van der Waals surface area contributed by atoms with Crippen LogP contribution in [0.5, 0.6) is 5.75 Å². The van der Waals surface area contributed by atoms with Gasteiger partial charge in [0, 0.05) is 29.0 Å². The lowest BCUT2D eigenvalue weighted by Gasteiger charge is -2.56. The van der Waals surface area contributed by atoms with Crippen molar-refractivity contribution in [3.8, 4) is 5.75 Å². The zero-order valence-electron chi connectivity index (χ0n) is 22.2. The third kappa shape index (κ3) is 3.75. The Kier molecular flexibility index (Phi) is 6.70. The molecule has 2 aromatic rings. The number of phenolic OH excluding ortho intramolecular Hbond substituents is 1. The summed E-state index contributed by atoms with van der Waals surface area (Å²) in [6, 6.07) is 11.4. The second kappa shape index (κ2) is 9.67. The second-order valence-corrected chi connectivity index (χ2v) is 11.1. The number of hydrogen-bond acceptors (Lipinski definition) is 9. The topological polar surface area (TPSA) is 182 Å². The molecule has 0 aromatic heterocycles. The van der Waals surface area contributed by atoms with Crippen molar-refractivity contribution in [3.63, 3.8) is 0 Å². The summed E-state index contributed by atoms with van der Waals surface area (Å²) in [6.45, 7) is 1.70. The van der Waals surface area contributed by atoms with E-state index < -0.39 is 76.3 Å². The van der Waals surface area contributed by atoms with Gasteiger partial charge >= 0.3 is 0 Å². The highest BCUT2D eigenvalue weighted by Crippen LogP contribution is 2.55. The maximum Gasteiger partial charge on any atom is 0.230 e. The summed E-state index contributed by atoms with van der Waals surface area (Å²) in [5, 5.41) is 57.1. The van der Waals surface area contributed by atoms with E-state index in [1.807, 2.05) is 30.3 Å². The molecule has 0 bridgehead atoms. The average molecular weight is 549 g/mol. The van der Waals surface area contributed by atoms with Gasteiger partial charge in [-0.05, 0) is 31.1 Å². The number of carbonyl (C=O) groups excluding carboxylic acids is 3. The lowest BCUT2D eigenvalue weighted by molar-refractivity contribution is -0.194. The minimum absolute atomic E-state index is 0.117. The van der Waals surface area contributed by atoms with E-state index in [0.717, 1.165) is 5.56 Å². The van der Waals surface area contributed by atoms with Crippen LogP contribution in [0.15, 0.2) is 53.8 Å². The quantitative estimate of drug-likeness (QED) is 0.240. The molecule has 210 valence electrons. The van der Waals surface area contributed by atoms with Crippen molar-refractivity contribution < 1.29 is 39.9 Å². The Balaban J connectivity index is 1.69. The summed E-state index contributed by atoms with van der Waals surface area (Å²) >= 11 is 0. The van der Waals surface area contributed by atoms with Gasteiger partial charge in [-0.3, -0.25) is 14.4 Å². The van der Waals surface area contributed by atoms with E-state index in [0.29, 0.717) is 11.1 Å². The van der Waals surface area contributed by atoms with Crippen LogP contribution in [0, 0.1) is 17.8 Å². The molecule has 8 atom stereocenters. The molecule has 1 amide bonds. The van der Waals surface area contributed by atoms with Crippen molar-refractivity contribution >= 4 is 29.6 Å². The monoisotopic (exact) mass is 548 g/mol. The number of aliphatic hydroxyl groups excluding tert-OH is 3. The normalized spacial score (nSPS) is 33.6. The number of fused-ring (bicyclic) bond motifs is 3. The fourth-order valence-corrected chi connectivity index (χ4v) is 6.88. The lowest BCUT2D eigenvalue weighted by Crippen LogP contribution is -2.74. The van der Waals surface area contributed by atoms with Crippen LogP contribution in [-0.2, 0) is 9.59 Å². The van der Waals surface area contributed by atoms with Crippen LogP contribution < -0.4 is 5.73 Å². The first-order valence-corrected chi connectivity index (χ1v) is 13.0. The molecule has 3 aliphatic carbocycles. The molecule has 1 fully saturated rings. The van der Waals surface area contributed by atoms with E-state index in [2.05, 4.69) is 0 Å². The third-order valence-electron chi connectivity index (χ3n) is 8.79. The van der Waals surface area contributed by atoms with Crippen LogP contribution in [0.3, 0.4) is 0 Å². The van der Waals surface area contributed by atoms with Gasteiger partial charge in [0.05, 0.1) is 17.8 Å². The molecule has 1 saturated carbocycles. The molecule has 10 nitrogen and oxygen atoms in total. The summed E-state index contributed by atoms with van der Waals surface area (Å²) < 4.78 is 0. The van der Waals surface area contributed by atoms with Crippen LogP contribution in [0.1, 0.15) is 39.9 Å². The Morgan fingerprint density at radius 1 is 1.00 bits per heavy atom. The number of nitrogens with two attached hydrogens (primary N) is 1. The summed E-state index contributed by atoms with van der Waals surface area (Å²) in [7, 11) is 3.05. The van der Waals surface area contributed by atoms with Crippen molar-refractivity contribution in [3.05, 3.63) is 76.1 Å². The number of primary amides is 1. The number of ketones is 2. The van der Waals surface area contributed by atoms with Crippen molar-refractivity contribution in [2.45, 2.75) is 36.7 Å². The highest BCUT2D eigenvalue weighted by atomic mass is 16.4. The summed E-state index contributed by atoms with van der Waals surface area (Å²) in [5.74, 6) is -9.84. The molecule has 2 aromatic carbocycles. The van der Waals surface area contributed by atoms with E-state index in [9.17, 15) is 39.9 Å². The largest absolute Gasteiger partial charge is 0.508 e. The maximum atomic E-state index is 13.9. The number of rotatable bonds is 4. The SMILES string of the molecule is C[C@H]1c2ccc(/C=C/c3ccccc3)c(O)c2C(=O)C2=C(O)[C@]3(O)C(=O)C(C(N)=O)C(O)[C@@H](N(C)C)[C@@H]3[C@@H](O)[C@@H]21.